The van der Waals surface area contributed by atoms with Crippen LogP contribution in [0.5, 0.6) is 0 Å². The number of benzene rings is 1. The lowest BCUT2D eigenvalue weighted by Crippen LogP contribution is -2.10. The molecule has 1 heterocycles. The molecule has 0 unspecified atom stereocenters. The van der Waals surface area contributed by atoms with Gasteiger partial charge in [0.2, 0.25) is 5.82 Å². The van der Waals surface area contributed by atoms with Crippen molar-refractivity contribution in [2.45, 2.75) is 13.3 Å². The Hall–Kier alpha value is -2.67. The average Bonchev–Trinajstić information content (AvgIpc) is 2.47. The predicted molar refractivity (Wildman–Crippen MR) is 77.8 cm³/mol. The van der Waals surface area contributed by atoms with Gasteiger partial charge in [-0.25, -0.2) is 10.8 Å². The quantitative estimate of drug-likeness (QED) is 0.439. The molecule has 0 fully saturated rings. The summed E-state index contributed by atoms with van der Waals surface area (Å²) in [5.41, 5.74) is 4.11. The van der Waals surface area contributed by atoms with Crippen molar-refractivity contribution in [3.63, 3.8) is 0 Å². The Morgan fingerprint density at radius 2 is 2.05 bits per heavy atom. The smallest absolute Gasteiger partial charge is 0.311 e. The average molecular weight is 273 g/mol. The van der Waals surface area contributed by atoms with Crippen molar-refractivity contribution in [1.82, 2.24) is 4.98 Å². The van der Waals surface area contributed by atoms with Gasteiger partial charge in [-0.1, -0.05) is 25.1 Å². The van der Waals surface area contributed by atoms with E-state index in [2.05, 4.69) is 15.7 Å². The second kappa shape index (κ2) is 5.98. The molecule has 2 aromatic rings. The van der Waals surface area contributed by atoms with Crippen LogP contribution in [0.15, 0.2) is 36.4 Å². The van der Waals surface area contributed by atoms with Crippen LogP contribution in [0.2, 0.25) is 0 Å². The van der Waals surface area contributed by atoms with Gasteiger partial charge >= 0.3 is 5.69 Å². The number of pyridine rings is 1. The molecule has 0 radical (unpaired) electrons. The number of nitrogen functional groups attached to an aromatic ring is 1. The lowest BCUT2D eigenvalue weighted by atomic mass is 10.1. The number of nitrogens with zero attached hydrogens (tertiary/aromatic N) is 2. The molecular formula is C13H15N5O2. The molecular weight excluding hydrogens is 258 g/mol. The fraction of sp³-hybridized carbons (Fsp3) is 0.154. The number of hydrazine groups is 1. The van der Waals surface area contributed by atoms with E-state index in [9.17, 15) is 10.1 Å². The highest BCUT2D eigenvalue weighted by Gasteiger charge is 2.16. The van der Waals surface area contributed by atoms with E-state index in [0.29, 0.717) is 5.82 Å². The zero-order chi connectivity index (χ0) is 14.5. The first-order chi connectivity index (χ1) is 9.65. The minimum atomic E-state index is -0.482. The Kier molecular flexibility index (Phi) is 4.11. The van der Waals surface area contributed by atoms with Crippen LogP contribution in [0.4, 0.5) is 23.0 Å². The van der Waals surface area contributed by atoms with E-state index < -0.39 is 4.92 Å². The fourth-order valence-corrected chi connectivity index (χ4v) is 1.85. The SMILES string of the molecule is CCc1ccccc1Nc1nc(NN)ccc1[N+](=O)[O-]. The number of rotatable bonds is 5. The van der Waals surface area contributed by atoms with E-state index in [-0.39, 0.29) is 11.5 Å². The van der Waals surface area contributed by atoms with Crippen molar-refractivity contribution in [3.05, 3.63) is 52.1 Å². The van der Waals surface area contributed by atoms with Crippen LogP contribution in [0.25, 0.3) is 0 Å². The van der Waals surface area contributed by atoms with Gasteiger partial charge in [0.1, 0.15) is 5.82 Å². The minimum Gasteiger partial charge on any atom is -0.334 e. The van der Waals surface area contributed by atoms with Gasteiger partial charge in [-0.2, -0.15) is 0 Å². The second-order valence-electron chi connectivity index (χ2n) is 4.10. The van der Waals surface area contributed by atoms with Crippen LogP contribution in [0.3, 0.4) is 0 Å². The van der Waals surface area contributed by atoms with Crippen molar-refractivity contribution >= 4 is 23.0 Å². The van der Waals surface area contributed by atoms with Crippen molar-refractivity contribution in [2.75, 3.05) is 10.7 Å². The summed E-state index contributed by atoms with van der Waals surface area (Å²) >= 11 is 0. The lowest BCUT2D eigenvalue weighted by Gasteiger charge is -2.11. The van der Waals surface area contributed by atoms with Gasteiger partial charge in [0, 0.05) is 11.8 Å². The Balaban J connectivity index is 2.43. The molecule has 7 heteroatoms. The van der Waals surface area contributed by atoms with Gasteiger partial charge in [0.15, 0.2) is 0 Å². The third kappa shape index (κ3) is 2.83. The van der Waals surface area contributed by atoms with Gasteiger partial charge in [0.25, 0.3) is 0 Å². The number of nitro groups is 1. The van der Waals surface area contributed by atoms with Crippen molar-refractivity contribution in [2.24, 2.45) is 5.84 Å². The summed E-state index contributed by atoms with van der Waals surface area (Å²) in [4.78, 5) is 14.7. The van der Waals surface area contributed by atoms with E-state index >= 15 is 0 Å². The normalized spacial score (nSPS) is 10.1. The highest BCUT2D eigenvalue weighted by molar-refractivity contribution is 5.69. The molecule has 0 saturated heterocycles. The fourth-order valence-electron chi connectivity index (χ4n) is 1.85. The first-order valence-electron chi connectivity index (χ1n) is 6.12. The third-order valence-corrected chi connectivity index (χ3v) is 2.87. The van der Waals surface area contributed by atoms with E-state index in [1.54, 1.807) is 0 Å². The minimum absolute atomic E-state index is 0.102. The Morgan fingerprint density at radius 3 is 2.70 bits per heavy atom. The molecule has 0 aliphatic rings. The van der Waals surface area contributed by atoms with Crippen molar-refractivity contribution in [3.8, 4) is 0 Å². The first-order valence-corrected chi connectivity index (χ1v) is 6.12. The molecule has 2 rings (SSSR count). The van der Waals surface area contributed by atoms with Gasteiger partial charge in [-0.15, -0.1) is 0 Å². The van der Waals surface area contributed by atoms with Crippen molar-refractivity contribution in [1.29, 1.82) is 0 Å². The Morgan fingerprint density at radius 1 is 1.30 bits per heavy atom. The summed E-state index contributed by atoms with van der Waals surface area (Å²) in [7, 11) is 0. The topological polar surface area (TPSA) is 106 Å². The molecule has 0 aliphatic carbocycles. The van der Waals surface area contributed by atoms with E-state index in [0.717, 1.165) is 17.7 Å². The molecule has 0 amide bonds. The number of aromatic nitrogens is 1. The van der Waals surface area contributed by atoms with Gasteiger partial charge in [-0.3, -0.25) is 10.1 Å². The van der Waals surface area contributed by atoms with Crippen LogP contribution >= 0.6 is 0 Å². The zero-order valence-corrected chi connectivity index (χ0v) is 11.0. The van der Waals surface area contributed by atoms with Crippen LogP contribution in [0, 0.1) is 10.1 Å². The number of aryl methyl sites for hydroxylation is 1. The summed E-state index contributed by atoms with van der Waals surface area (Å²) in [5, 5.41) is 14.0. The Bertz CT molecular complexity index is 630. The van der Waals surface area contributed by atoms with Crippen LogP contribution in [-0.4, -0.2) is 9.91 Å². The number of para-hydroxylation sites is 1. The molecule has 4 N–H and O–H groups in total. The highest BCUT2D eigenvalue weighted by atomic mass is 16.6. The van der Waals surface area contributed by atoms with E-state index in [1.807, 2.05) is 31.2 Å². The third-order valence-electron chi connectivity index (χ3n) is 2.87. The largest absolute Gasteiger partial charge is 0.334 e. The molecule has 0 spiro atoms. The van der Waals surface area contributed by atoms with Crippen molar-refractivity contribution < 1.29 is 4.92 Å². The number of nitrogens with one attached hydrogen (secondary N) is 2. The summed E-state index contributed by atoms with van der Waals surface area (Å²) in [5.74, 6) is 5.80. The second-order valence-corrected chi connectivity index (χ2v) is 4.10. The predicted octanol–water partition coefficient (Wildman–Crippen LogP) is 2.58. The summed E-state index contributed by atoms with van der Waals surface area (Å²) < 4.78 is 0. The standard InChI is InChI=1S/C13H15N5O2/c1-2-9-5-3-4-6-10(9)15-13-11(18(19)20)7-8-12(16-13)17-14/h3-8H,2,14H2,1H3,(H2,15,16,17). The van der Waals surface area contributed by atoms with E-state index in [4.69, 9.17) is 5.84 Å². The number of hydrogen-bond donors (Lipinski definition) is 3. The molecule has 0 atom stereocenters. The number of anilines is 3. The molecule has 104 valence electrons. The van der Waals surface area contributed by atoms with Gasteiger partial charge in [0.05, 0.1) is 4.92 Å². The maximum atomic E-state index is 11.0. The van der Waals surface area contributed by atoms with Crippen LogP contribution < -0.4 is 16.6 Å². The number of hydrogen-bond acceptors (Lipinski definition) is 6. The molecule has 1 aromatic carbocycles. The molecule has 0 saturated carbocycles. The highest BCUT2D eigenvalue weighted by Crippen LogP contribution is 2.28. The molecule has 1 aromatic heterocycles. The molecule has 20 heavy (non-hydrogen) atoms. The first kappa shape index (κ1) is 13.8. The summed E-state index contributed by atoms with van der Waals surface area (Å²) in [6.07, 6.45) is 0.811. The van der Waals surface area contributed by atoms with Gasteiger partial charge < -0.3 is 10.7 Å². The Labute approximate surface area is 116 Å². The number of nitrogens with two attached hydrogens (primary N) is 1. The summed E-state index contributed by atoms with van der Waals surface area (Å²) in [6, 6.07) is 10.4. The van der Waals surface area contributed by atoms with Gasteiger partial charge in [-0.05, 0) is 24.1 Å². The van der Waals surface area contributed by atoms with Crippen LogP contribution in [0.1, 0.15) is 12.5 Å². The van der Waals surface area contributed by atoms with E-state index in [1.165, 1.54) is 12.1 Å². The molecule has 7 nitrogen and oxygen atoms in total. The lowest BCUT2D eigenvalue weighted by molar-refractivity contribution is -0.384. The summed E-state index contributed by atoms with van der Waals surface area (Å²) in [6.45, 7) is 2.01. The maximum absolute atomic E-state index is 11.0. The van der Waals surface area contributed by atoms with Crippen LogP contribution in [-0.2, 0) is 6.42 Å². The maximum Gasteiger partial charge on any atom is 0.311 e. The monoisotopic (exact) mass is 273 g/mol. The molecule has 0 aliphatic heterocycles. The molecule has 0 bridgehead atoms. The zero-order valence-electron chi connectivity index (χ0n) is 11.0.